The normalized spacial score (nSPS) is 11.0. The second-order valence-electron chi connectivity index (χ2n) is 4.06. The van der Waals surface area contributed by atoms with E-state index in [1.165, 1.54) is 25.3 Å². The van der Waals surface area contributed by atoms with E-state index in [0.29, 0.717) is 0 Å². The molecule has 116 valence electrons. The summed E-state index contributed by atoms with van der Waals surface area (Å²) in [5, 5.41) is 10.4. The number of hydrogen-bond donors (Lipinski definition) is 0. The van der Waals surface area contributed by atoms with E-state index in [4.69, 9.17) is 20.5 Å². The fraction of sp³-hybridized carbons (Fsp3) is 0.0769. The predicted octanol–water partition coefficient (Wildman–Crippen LogP) is 3.02. The first-order valence-corrected chi connectivity index (χ1v) is 7.65. The van der Waals surface area contributed by atoms with Crippen LogP contribution in [0.2, 0.25) is 5.02 Å². The van der Waals surface area contributed by atoms with Gasteiger partial charge in [-0.05, 0) is 18.2 Å². The van der Waals surface area contributed by atoms with Crippen LogP contribution in [0, 0.1) is 10.1 Å². The largest absolute Gasteiger partial charge is 0.495 e. The third-order valence-electron chi connectivity index (χ3n) is 2.66. The summed E-state index contributed by atoms with van der Waals surface area (Å²) in [5.41, 5.74) is -0.271. The van der Waals surface area contributed by atoms with E-state index in [1.807, 2.05) is 0 Å². The van der Waals surface area contributed by atoms with Crippen molar-refractivity contribution < 1.29 is 22.3 Å². The molecule has 0 atom stereocenters. The summed E-state index contributed by atoms with van der Waals surface area (Å²) in [5.74, 6) is -0.0984. The zero-order chi connectivity index (χ0) is 16.3. The van der Waals surface area contributed by atoms with Crippen molar-refractivity contribution >= 4 is 27.4 Å². The van der Waals surface area contributed by atoms with Crippen molar-refractivity contribution in [1.82, 2.24) is 0 Å². The second kappa shape index (κ2) is 6.20. The van der Waals surface area contributed by atoms with Gasteiger partial charge in [0.25, 0.3) is 5.69 Å². The molecule has 0 unspecified atom stereocenters. The van der Waals surface area contributed by atoms with Crippen molar-refractivity contribution in [3.8, 4) is 11.5 Å². The summed E-state index contributed by atoms with van der Waals surface area (Å²) in [6, 6.07) is 9.12. The molecule has 0 N–H and O–H groups in total. The van der Waals surface area contributed by atoms with Crippen molar-refractivity contribution in [3.63, 3.8) is 0 Å². The lowest BCUT2D eigenvalue weighted by Gasteiger charge is -2.11. The van der Waals surface area contributed by atoms with Crippen molar-refractivity contribution in [1.29, 1.82) is 0 Å². The topological polar surface area (TPSA) is 95.7 Å². The van der Waals surface area contributed by atoms with E-state index in [2.05, 4.69) is 0 Å². The Labute approximate surface area is 131 Å². The average Bonchev–Trinajstić information content (AvgIpc) is 2.49. The molecule has 0 fully saturated rings. The minimum Gasteiger partial charge on any atom is -0.495 e. The van der Waals surface area contributed by atoms with E-state index in [1.54, 1.807) is 6.07 Å². The zero-order valence-electron chi connectivity index (χ0n) is 11.2. The van der Waals surface area contributed by atoms with E-state index in [0.717, 1.165) is 18.2 Å². The van der Waals surface area contributed by atoms with E-state index >= 15 is 0 Å². The summed E-state index contributed by atoms with van der Waals surface area (Å²) in [6.07, 6.45) is 0. The quantitative estimate of drug-likeness (QED) is 0.470. The van der Waals surface area contributed by atoms with Crippen LogP contribution in [-0.2, 0) is 10.1 Å². The molecular formula is C13H10ClNO6S. The Morgan fingerprint density at radius 3 is 2.41 bits per heavy atom. The Morgan fingerprint density at radius 1 is 1.14 bits per heavy atom. The highest BCUT2D eigenvalue weighted by Gasteiger charge is 2.23. The van der Waals surface area contributed by atoms with Crippen LogP contribution in [0.25, 0.3) is 0 Å². The van der Waals surface area contributed by atoms with Gasteiger partial charge in [0.1, 0.15) is 10.6 Å². The summed E-state index contributed by atoms with van der Waals surface area (Å²) in [4.78, 5) is 9.80. The van der Waals surface area contributed by atoms with Gasteiger partial charge in [-0.3, -0.25) is 10.1 Å². The van der Waals surface area contributed by atoms with E-state index in [9.17, 15) is 18.5 Å². The number of halogens is 1. The Bertz CT molecular complexity index is 821. The summed E-state index contributed by atoms with van der Waals surface area (Å²) < 4.78 is 34.4. The number of methoxy groups -OCH3 is 1. The molecule has 0 spiro atoms. The molecule has 7 nitrogen and oxygen atoms in total. The molecule has 0 aliphatic rings. The van der Waals surface area contributed by atoms with Crippen LogP contribution in [0.1, 0.15) is 0 Å². The number of benzene rings is 2. The molecule has 0 saturated carbocycles. The molecule has 9 heteroatoms. The minimum atomic E-state index is -4.19. The van der Waals surface area contributed by atoms with Crippen molar-refractivity contribution in [2.75, 3.05) is 7.11 Å². The Morgan fingerprint density at radius 2 is 1.82 bits per heavy atom. The molecule has 0 radical (unpaired) electrons. The van der Waals surface area contributed by atoms with Crippen LogP contribution in [0.5, 0.6) is 11.5 Å². The Hall–Kier alpha value is -2.32. The first-order valence-electron chi connectivity index (χ1n) is 5.86. The number of para-hydroxylation sites is 1. The molecule has 0 aliphatic carbocycles. The lowest BCUT2D eigenvalue weighted by Crippen LogP contribution is -2.11. The van der Waals surface area contributed by atoms with Crippen molar-refractivity contribution in [2.45, 2.75) is 4.90 Å². The second-order valence-corrected chi connectivity index (χ2v) is 5.98. The third-order valence-corrected chi connectivity index (χ3v) is 4.23. The molecule has 0 saturated heterocycles. The number of rotatable bonds is 5. The van der Waals surface area contributed by atoms with Gasteiger partial charge in [-0.1, -0.05) is 23.7 Å². The molecule has 0 aromatic heterocycles. The highest BCUT2D eigenvalue weighted by Crippen LogP contribution is 2.32. The predicted molar refractivity (Wildman–Crippen MR) is 78.9 cm³/mol. The fourth-order valence-electron chi connectivity index (χ4n) is 1.66. The van der Waals surface area contributed by atoms with Gasteiger partial charge in [0.05, 0.1) is 17.1 Å². The van der Waals surface area contributed by atoms with Crippen LogP contribution in [0.3, 0.4) is 0 Å². The molecule has 2 rings (SSSR count). The molecule has 0 bridgehead atoms. The maximum Gasteiger partial charge on any atom is 0.342 e. The van der Waals surface area contributed by atoms with Gasteiger partial charge in [-0.2, -0.15) is 8.42 Å². The maximum absolute atomic E-state index is 12.3. The Balaban J connectivity index is 2.39. The van der Waals surface area contributed by atoms with Gasteiger partial charge in [0, 0.05) is 12.1 Å². The lowest BCUT2D eigenvalue weighted by atomic mass is 10.3. The number of non-ortho nitro benzene ring substituents is 1. The first-order chi connectivity index (χ1) is 10.3. The number of hydrogen-bond acceptors (Lipinski definition) is 6. The maximum atomic E-state index is 12.3. The summed E-state index contributed by atoms with van der Waals surface area (Å²) >= 11 is 5.82. The lowest BCUT2D eigenvalue weighted by molar-refractivity contribution is -0.384. The summed E-state index contributed by atoms with van der Waals surface area (Å²) in [7, 11) is -2.86. The number of ether oxygens (including phenoxy) is 1. The molecular weight excluding hydrogens is 334 g/mol. The first kappa shape index (κ1) is 16.1. The molecule has 0 heterocycles. The van der Waals surface area contributed by atoms with Gasteiger partial charge in [-0.15, -0.1) is 0 Å². The summed E-state index contributed by atoms with van der Waals surface area (Å²) in [6.45, 7) is 0. The van der Waals surface area contributed by atoms with E-state index in [-0.39, 0.29) is 27.1 Å². The zero-order valence-corrected chi connectivity index (χ0v) is 12.8. The van der Waals surface area contributed by atoms with Crippen LogP contribution >= 0.6 is 11.6 Å². The van der Waals surface area contributed by atoms with Crippen LogP contribution in [0.15, 0.2) is 47.4 Å². The average molecular weight is 344 g/mol. The molecule has 22 heavy (non-hydrogen) atoms. The number of nitro benzene ring substituents is 1. The number of nitro groups is 1. The molecule has 2 aromatic rings. The molecule has 0 aliphatic heterocycles. The van der Waals surface area contributed by atoms with Crippen LogP contribution in [0.4, 0.5) is 5.69 Å². The Kier molecular flexibility index (Phi) is 4.53. The number of nitrogens with zero attached hydrogens (tertiary/aromatic N) is 1. The SMILES string of the molecule is COc1ccccc1S(=O)(=O)Oc1ccc([N+](=O)[O-])cc1Cl. The van der Waals surface area contributed by atoms with Gasteiger partial charge < -0.3 is 8.92 Å². The van der Waals surface area contributed by atoms with Gasteiger partial charge >= 0.3 is 10.1 Å². The monoisotopic (exact) mass is 343 g/mol. The fourth-order valence-corrected chi connectivity index (χ4v) is 3.03. The van der Waals surface area contributed by atoms with Crippen LogP contribution in [-0.4, -0.2) is 20.5 Å². The molecule has 2 aromatic carbocycles. The van der Waals surface area contributed by atoms with Crippen molar-refractivity contribution in [2.24, 2.45) is 0 Å². The van der Waals surface area contributed by atoms with Crippen molar-refractivity contribution in [3.05, 3.63) is 57.6 Å². The highest BCUT2D eigenvalue weighted by molar-refractivity contribution is 7.87. The highest BCUT2D eigenvalue weighted by atomic mass is 35.5. The van der Waals surface area contributed by atoms with Gasteiger partial charge in [0.2, 0.25) is 0 Å². The third kappa shape index (κ3) is 3.29. The smallest absolute Gasteiger partial charge is 0.342 e. The van der Waals surface area contributed by atoms with E-state index < -0.39 is 15.0 Å². The van der Waals surface area contributed by atoms with Crippen LogP contribution < -0.4 is 8.92 Å². The van der Waals surface area contributed by atoms with Gasteiger partial charge in [0.15, 0.2) is 5.75 Å². The molecule has 0 amide bonds. The van der Waals surface area contributed by atoms with Gasteiger partial charge in [-0.25, -0.2) is 0 Å². The standard InChI is InChI=1S/C13H10ClNO6S/c1-20-12-4-2-3-5-13(12)22(18,19)21-11-7-6-9(15(16)17)8-10(11)14/h2-8H,1H3. The minimum absolute atomic E-state index is 0.112.